The molecule has 0 aliphatic carbocycles. The van der Waals surface area contributed by atoms with Crippen molar-refractivity contribution in [2.75, 3.05) is 18.0 Å². The van der Waals surface area contributed by atoms with Gasteiger partial charge in [0.05, 0.1) is 6.54 Å². The Balaban J connectivity index is 2.38. The van der Waals surface area contributed by atoms with Crippen LogP contribution in [-0.4, -0.2) is 24.5 Å². The highest BCUT2D eigenvalue weighted by molar-refractivity contribution is 5.96. The molecule has 0 bridgehead atoms. The van der Waals surface area contributed by atoms with Crippen molar-refractivity contribution in [2.45, 2.75) is 25.8 Å². The average Bonchev–Trinajstić information content (AvgIpc) is 2.38. The first-order valence-corrected chi connectivity index (χ1v) is 5.70. The van der Waals surface area contributed by atoms with E-state index in [0.717, 1.165) is 18.7 Å². The number of amides is 1. The second-order valence-corrected chi connectivity index (χ2v) is 4.80. The van der Waals surface area contributed by atoms with Crippen molar-refractivity contribution in [3.63, 3.8) is 0 Å². The zero-order valence-corrected chi connectivity index (χ0v) is 9.86. The summed E-state index contributed by atoms with van der Waals surface area (Å²) in [5.41, 5.74) is 0.864. The molecule has 1 aliphatic heterocycles. The second-order valence-electron chi connectivity index (χ2n) is 4.80. The highest BCUT2D eigenvalue weighted by atomic mass is 16.2. The van der Waals surface area contributed by atoms with E-state index < -0.39 is 0 Å². The molecule has 1 aromatic carbocycles. The molecule has 16 heavy (non-hydrogen) atoms. The van der Waals surface area contributed by atoms with Crippen LogP contribution in [0, 0.1) is 0 Å². The van der Waals surface area contributed by atoms with Gasteiger partial charge in [-0.3, -0.25) is 4.79 Å². The van der Waals surface area contributed by atoms with Gasteiger partial charge in [-0.2, -0.15) is 0 Å². The first-order chi connectivity index (χ1) is 7.61. The summed E-state index contributed by atoms with van der Waals surface area (Å²) < 4.78 is 0. The van der Waals surface area contributed by atoms with E-state index in [2.05, 4.69) is 19.2 Å². The van der Waals surface area contributed by atoms with Crippen molar-refractivity contribution >= 4 is 11.6 Å². The van der Waals surface area contributed by atoms with Gasteiger partial charge in [0.15, 0.2) is 0 Å². The zero-order chi connectivity index (χ0) is 11.6. The van der Waals surface area contributed by atoms with Gasteiger partial charge < -0.3 is 10.2 Å². The van der Waals surface area contributed by atoms with E-state index in [1.807, 2.05) is 35.2 Å². The molecule has 0 saturated carbocycles. The third kappa shape index (κ3) is 2.09. The molecule has 86 valence electrons. The predicted octanol–water partition coefficient (Wildman–Crippen LogP) is 1.79. The summed E-state index contributed by atoms with van der Waals surface area (Å²) in [5, 5.41) is 3.16. The second kappa shape index (κ2) is 4.26. The van der Waals surface area contributed by atoms with Gasteiger partial charge >= 0.3 is 0 Å². The third-order valence-corrected chi connectivity index (χ3v) is 3.06. The van der Waals surface area contributed by atoms with Gasteiger partial charge in [0.2, 0.25) is 5.91 Å². The van der Waals surface area contributed by atoms with E-state index in [0.29, 0.717) is 6.54 Å². The lowest BCUT2D eigenvalue weighted by atomic mass is 9.97. The minimum Gasteiger partial charge on any atom is -0.308 e. The number of hydrogen-bond donors (Lipinski definition) is 1. The van der Waals surface area contributed by atoms with E-state index in [4.69, 9.17) is 0 Å². The molecule has 1 amide bonds. The number of anilines is 1. The highest BCUT2D eigenvalue weighted by Gasteiger charge is 2.33. The minimum absolute atomic E-state index is 0.123. The molecule has 0 radical (unpaired) electrons. The molecule has 1 N–H and O–H groups in total. The van der Waals surface area contributed by atoms with Crippen LogP contribution in [0.3, 0.4) is 0 Å². The van der Waals surface area contributed by atoms with Crippen LogP contribution < -0.4 is 10.2 Å². The van der Waals surface area contributed by atoms with Crippen LogP contribution in [0.2, 0.25) is 0 Å². The summed E-state index contributed by atoms with van der Waals surface area (Å²) in [6, 6.07) is 9.89. The number of rotatable bonds is 1. The fourth-order valence-electron chi connectivity index (χ4n) is 2.19. The van der Waals surface area contributed by atoms with Crippen LogP contribution in [0.5, 0.6) is 0 Å². The fourth-order valence-corrected chi connectivity index (χ4v) is 2.19. The molecule has 1 fully saturated rings. The number of benzene rings is 1. The number of hydrogen-bond acceptors (Lipinski definition) is 2. The summed E-state index contributed by atoms with van der Waals surface area (Å²) in [5.74, 6) is 0.147. The van der Waals surface area contributed by atoms with Gasteiger partial charge in [-0.25, -0.2) is 0 Å². The smallest absolute Gasteiger partial charge is 0.241 e. The van der Waals surface area contributed by atoms with Gasteiger partial charge in [0.1, 0.15) is 0 Å². The van der Waals surface area contributed by atoms with E-state index in [9.17, 15) is 4.79 Å². The maximum atomic E-state index is 12.1. The molecule has 0 spiro atoms. The largest absolute Gasteiger partial charge is 0.308 e. The molecule has 1 saturated heterocycles. The molecule has 3 heteroatoms. The van der Waals surface area contributed by atoms with Crippen molar-refractivity contribution in [3.05, 3.63) is 30.3 Å². The van der Waals surface area contributed by atoms with Crippen LogP contribution >= 0.6 is 0 Å². The van der Waals surface area contributed by atoms with Gasteiger partial charge in [-0.1, -0.05) is 18.2 Å². The summed E-state index contributed by atoms with van der Waals surface area (Å²) in [4.78, 5) is 14.0. The number of para-hydroxylation sites is 1. The fraction of sp³-hybridized carbons (Fsp3) is 0.462. The lowest BCUT2D eigenvalue weighted by Gasteiger charge is -2.36. The van der Waals surface area contributed by atoms with E-state index in [1.165, 1.54) is 0 Å². The topological polar surface area (TPSA) is 32.3 Å². The Morgan fingerprint density at radius 3 is 2.62 bits per heavy atom. The lowest BCUT2D eigenvalue weighted by molar-refractivity contribution is -0.118. The molecule has 0 unspecified atom stereocenters. The molecular formula is C13H18N2O. The lowest BCUT2D eigenvalue weighted by Crippen LogP contribution is -2.48. The molecule has 1 aromatic rings. The summed E-state index contributed by atoms with van der Waals surface area (Å²) in [6.45, 7) is 5.55. The van der Waals surface area contributed by atoms with Crippen molar-refractivity contribution in [1.29, 1.82) is 0 Å². The van der Waals surface area contributed by atoms with E-state index in [-0.39, 0.29) is 11.4 Å². The van der Waals surface area contributed by atoms with Gasteiger partial charge in [0, 0.05) is 11.2 Å². The summed E-state index contributed by atoms with van der Waals surface area (Å²) >= 11 is 0. The Labute approximate surface area is 96.5 Å². The Bertz CT molecular complexity index is 373. The van der Waals surface area contributed by atoms with Gasteiger partial charge in [0.25, 0.3) is 0 Å². The number of carbonyl (C=O) groups excluding carboxylic acids is 1. The highest BCUT2D eigenvalue weighted by Crippen LogP contribution is 2.27. The van der Waals surface area contributed by atoms with Crippen molar-refractivity contribution in [2.24, 2.45) is 0 Å². The molecule has 1 aliphatic rings. The number of nitrogens with zero attached hydrogens (tertiary/aromatic N) is 1. The quantitative estimate of drug-likeness (QED) is 0.779. The monoisotopic (exact) mass is 218 g/mol. The molecule has 0 aromatic heterocycles. The van der Waals surface area contributed by atoms with Gasteiger partial charge in [-0.15, -0.1) is 0 Å². The Kier molecular flexibility index (Phi) is 2.97. The van der Waals surface area contributed by atoms with Crippen LogP contribution in [0.4, 0.5) is 5.69 Å². The number of nitrogens with one attached hydrogen (secondary N) is 1. The van der Waals surface area contributed by atoms with Gasteiger partial charge in [-0.05, 0) is 38.9 Å². The van der Waals surface area contributed by atoms with Crippen LogP contribution in [0.15, 0.2) is 30.3 Å². The van der Waals surface area contributed by atoms with E-state index >= 15 is 0 Å². The molecular weight excluding hydrogens is 200 g/mol. The Morgan fingerprint density at radius 2 is 1.94 bits per heavy atom. The molecule has 3 nitrogen and oxygen atoms in total. The summed E-state index contributed by atoms with van der Waals surface area (Å²) in [7, 11) is 0. The standard InChI is InChI=1S/C13H18N2O/c1-13(2)8-9-14-10-12(16)15(13)11-6-4-3-5-7-11/h3-7,14H,8-10H2,1-2H3. The first-order valence-electron chi connectivity index (χ1n) is 5.70. The Hall–Kier alpha value is -1.35. The van der Waals surface area contributed by atoms with Crippen LogP contribution in [0.25, 0.3) is 0 Å². The van der Waals surface area contributed by atoms with Crippen molar-refractivity contribution in [3.8, 4) is 0 Å². The molecule has 2 rings (SSSR count). The first kappa shape index (κ1) is 11.1. The maximum absolute atomic E-state index is 12.1. The molecule has 0 atom stereocenters. The minimum atomic E-state index is -0.123. The number of carbonyl (C=O) groups is 1. The normalized spacial score (nSPS) is 20.6. The molecule has 1 heterocycles. The SMILES string of the molecule is CC1(C)CCNCC(=O)N1c1ccccc1. The summed E-state index contributed by atoms with van der Waals surface area (Å²) in [6.07, 6.45) is 0.966. The average molecular weight is 218 g/mol. The Morgan fingerprint density at radius 1 is 1.25 bits per heavy atom. The van der Waals surface area contributed by atoms with Crippen molar-refractivity contribution < 1.29 is 4.79 Å². The van der Waals surface area contributed by atoms with Crippen LogP contribution in [-0.2, 0) is 4.79 Å². The zero-order valence-electron chi connectivity index (χ0n) is 9.86. The third-order valence-electron chi connectivity index (χ3n) is 3.06. The van der Waals surface area contributed by atoms with Crippen molar-refractivity contribution in [1.82, 2.24) is 5.32 Å². The van der Waals surface area contributed by atoms with E-state index in [1.54, 1.807) is 0 Å². The predicted molar refractivity (Wildman–Crippen MR) is 65.5 cm³/mol. The maximum Gasteiger partial charge on any atom is 0.241 e. The van der Waals surface area contributed by atoms with Crippen LogP contribution in [0.1, 0.15) is 20.3 Å².